The van der Waals surface area contributed by atoms with Crippen molar-refractivity contribution >= 4 is 17.5 Å². The number of aryl methyl sites for hydroxylation is 1. The van der Waals surface area contributed by atoms with Gasteiger partial charge < -0.3 is 15.0 Å². The Hall–Kier alpha value is -1.00. The third kappa shape index (κ3) is 3.00. The minimum atomic E-state index is -0.202. The molecular weight excluding hydrogens is 228 g/mol. The molecule has 0 spiro atoms. The summed E-state index contributed by atoms with van der Waals surface area (Å²) < 4.78 is 1.78. The quantitative estimate of drug-likeness (QED) is 0.828. The number of carbonyl (C=O) groups is 1. The molecule has 1 amide bonds. The third-order valence-corrected chi connectivity index (χ3v) is 2.69. The maximum atomic E-state index is 11.9. The largest absolute Gasteiger partial charge is 0.394 e. The molecule has 0 fully saturated rings. The summed E-state index contributed by atoms with van der Waals surface area (Å²) in [5.41, 5.74) is 0.527. The lowest BCUT2D eigenvalue weighted by molar-refractivity contribution is 0.0905. The SMILES string of the molecule is CCC(CO)NC(=O)c1cc(Cl)cn1CC. The number of rotatable bonds is 5. The van der Waals surface area contributed by atoms with Crippen molar-refractivity contribution in [2.45, 2.75) is 32.9 Å². The Bertz CT molecular complexity index is 359. The lowest BCUT2D eigenvalue weighted by Crippen LogP contribution is -2.37. The van der Waals surface area contributed by atoms with Crippen LogP contribution in [-0.2, 0) is 6.54 Å². The van der Waals surface area contributed by atoms with E-state index in [0.717, 1.165) is 0 Å². The Morgan fingerprint density at radius 1 is 1.62 bits per heavy atom. The molecule has 1 rings (SSSR count). The van der Waals surface area contributed by atoms with E-state index in [4.69, 9.17) is 16.7 Å². The standard InChI is InChI=1S/C11H17ClN2O2/c1-3-9(7-15)13-11(16)10-5-8(12)6-14(10)4-2/h5-6,9,15H,3-4,7H2,1-2H3,(H,13,16). The highest BCUT2D eigenvalue weighted by Crippen LogP contribution is 2.14. The Morgan fingerprint density at radius 3 is 2.81 bits per heavy atom. The summed E-state index contributed by atoms with van der Waals surface area (Å²) >= 11 is 5.84. The predicted molar refractivity (Wildman–Crippen MR) is 63.7 cm³/mol. The van der Waals surface area contributed by atoms with Crippen LogP contribution in [0.25, 0.3) is 0 Å². The monoisotopic (exact) mass is 244 g/mol. The van der Waals surface area contributed by atoms with Gasteiger partial charge in [-0.2, -0.15) is 0 Å². The molecule has 90 valence electrons. The van der Waals surface area contributed by atoms with E-state index in [0.29, 0.717) is 23.7 Å². The molecule has 0 radical (unpaired) electrons. The van der Waals surface area contributed by atoms with E-state index in [9.17, 15) is 4.79 Å². The first-order valence-electron chi connectivity index (χ1n) is 5.39. The van der Waals surface area contributed by atoms with Crippen molar-refractivity contribution in [3.8, 4) is 0 Å². The van der Waals surface area contributed by atoms with Gasteiger partial charge in [0, 0.05) is 12.7 Å². The van der Waals surface area contributed by atoms with Crippen LogP contribution >= 0.6 is 11.6 Å². The molecule has 0 aromatic carbocycles. The van der Waals surface area contributed by atoms with Crippen molar-refractivity contribution in [1.29, 1.82) is 0 Å². The number of aliphatic hydroxyl groups is 1. The zero-order chi connectivity index (χ0) is 12.1. The van der Waals surface area contributed by atoms with E-state index in [2.05, 4.69) is 5.32 Å². The number of hydrogen-bond donors (Lipinski definition) is 2. The summed E-state index contributed by atoms with van der Waals surface area (Å²) in [7, 11) is 0. The van der Waals surface area contributed by atoms with Crippen molar-refractivity contribution in [1.82, 2.24) is 9.88 Å². The first kappa shape index (κ1) is 13.1. The average Bonchev–Trinajstić information content (AvgIpc) is 2.67. The van der Waals surface area contributed by atoms with Gasteiger partial charge in [-0.05, 0) is 19.4 Å². The number of aromatic nitrogens is 1. The van der Waals surface area contributed by atoms with Crippen molar-refractivity contribution in [2.75, 3.05) is 6.61 Å². The molecule has 0 saturated heterocycles. The second kappa shape index (κ2) is 5.92. The topological polar surface area (TPSA) is 54.3 Å². The van der Waals surface area contributed by atoms with Gasteiger partial charge in [0.25, 0.3) is 5.91 Å². The van der Waals surface area contributed by atoms with Crippen LogP contribution in [-0.4, -0.2) is 28.2 Å². The molecule has 0 bridgehead atoms. The molecule has 4 nitrogen and oxygen atoms in total. The van der Waals surface area contributed by atoms with Crippen LogP contribution in [0.15, 0.2) is 12.3 Å². The summed E-state index contributed by atoms with van der Waals surface area (Å²) in [5, 5.41) is 12.3. The zero-order valence-electron chi connectivity index (χ0n) is 9.53. The van der Waals surface area contributed by atoms with Crippen LogP contribution in [0, 0.1) is 0 Å². The van der Waals surface area contributed by atoms with E-state index in [-0.39, 0.29) is 18.6 Å². The highest BCUT2D eigenvalue weighted by Gasteiger charge is 2.15. The minimum Gasteiger partial charge on any atom is -0.394 e. The average molecular weight is 245 g/mol. The summed E-state index contributed by atoms with van der Waals surface area (Å²) in [6.45, 7) is 4.48. The van der Waals surface area contributed by atoms with Gasteiger partial charge in [-0.15, -0.1) is 0 Å². The van der Waals surface area contributed by atoms with Crippen molar-refractivity contribution in [3.63, 3.8) is 0 Å². The third-order valence-electron chi connectivity index (χ3n) is 2.48. The number of aliphatic hydroxyl groups excluding tert-OH is 1. The van der Waals surface area contributed by atoms with E-state index < -0.39 is 0 Å². The van der Waals surface area contributed by atoms with Gasteiger partial charge in [-0.3, -0.25) is 4.79 Å². The molecule has 1 heterocycles. The van der Waals surface area contributed by atoms with Crippen molar-refractivity contribution in [3.05, 3.63) is 23.0 Å². The summed E-state index contributed by atoms with van der Waals surface area (Å²) in [6.07, 6.45) is 2.42. The van der Waals surface area contributed by atoms with Gasteiger partial charge in [-0.1, -0.05) is 18.5 Å². The number of amides is 1. The van der Waals surface area contributed by atoms with Gasteiger partial charge in [0.15, 0.2) is 0 Å². The van der Waals surface area contributed by atoms with Crippen LogP contribution in [0.3, 0.4) is 0 Å². The van der Waals surface area contributed by atoms with E-state index in [1.54, 1.807) is 16.8 Å². The van der Waals surface area contributed by atoms with Crippen LogP contribution in [0.2, 0.25) is 5.02 Å². The molecule has 1 aromatic heterocycles. The molecule has 2 N–H and O–H groups in total. The van der Waals surface area contributed by atoms with Crippen LogP contribution in [0.5, 0.6) is 0 Å². The van der Waals surface area contributed by atoms with E-state index in [1.165, 1.54) is 0 Å². The maximum Gasteiger partial charge on any atom is 0.268 e. The van der Waals surface area contributed by atoms with Gasteiger partial charge in [-0.25, -0.2) is 0 Å². The molecule has 5 heteroatoms. The second-order valence-corrected chi connectivity index (χ2v) is 4.03. The molecule has 0 saturated carbocycles. The van der Waals surface area contributed by atoms with Gasteiger partial charge in [0.1, 0.15) is 5.69 Å². The Labute approximate surface area is 100 Å². The molecule has 0 aliphatic rings. The maximum absolute atomic E-state index is 11.9. The highest BCUT2D eigenvalue weighted by atomic mass is 35.5. The predicted octanol–water partition coefficient (Wildman–Crippen LogP) is 1.66. The molecule has 1 aromatic rings. The molecule has 0 aliphatic heterocycles. The zero-order valence-corrected chi connectivity index (χ0v) is 10.3. The number of carbonyl (C=O) groups excluding carboxylic acids is 1. The van der Waals surface area contributed by atoms with Gasteiger partial charge in [0.2, 0.25) is 0 Å². The van der Waals surface area contributed by atoms with E-state index in [1.807, 2.05) is 13.8 Å². The fourth-order valence-electron chi connectivity index (χ4n) is 1.46. The molecular formula is C11H17ClN2O2. The molecule has 16 heavy (non-hydrogen) atoms. The van der Waals surface area contributed by atoms with Crippen molar-refractivity contribution < 1.29 is 9.90 Å². The fraction of sp³-hybridized carbons (Fsp3) is 0.545. The Kier molecular flexibility index (Phi) is 4.83. The summed E-state index contributed by atoms with van der Waals surface area (Å²) in [5.74, 6) is -0.199. The highest BCUT2D eigenvalue weighted by molar-refractivity contribution is 6.31. The molecule has 1 atom stereocenters. The van der Waals surface area contributed by atoms with Gasteiger partial charge >= 0.3 is 0 Å². The fourth-order valence-corrected chi connectivity index (χ4v) is 1.68. The first-order chi connectivity index (χ1) is 7.62. The summed E-state index contributed by atoms with van der Waals surface area (Å²) in [6, 6.07) is 1.43. The van der Waals surface area contributed by atoms with Crippen LogP contribution in [0.4, 0.5) is 0 Å². The lowest BCUT2D eigenvalue weighted by Gasteiger charge is -2.14. The van der Waals surface area contributed by atoms with Crippen LogP contribution < -0.4 is 5.32 Å². The molecule has 1 unspecified atom stereocenters. The number of hydrogen-bond acceptors (Lipinski definition) is 2. The number of halogens is 1. The van der Waals surface area contributed by atoms with Gasteiger partial charge in [0.05, 0.1) is 17.7 Å². The number of nitrogens with one attached hydrogen (secondary N) is 1. The van der Waals surface area contributed by atoms with Crippen LogP contribution in [0.1, 0.15) is 30.8 Å². The normalized spacial score (nSPS) is 12.5. The Balaban J connectivity index is 2.79. The lowest BCUT2D eigenvalue weighted by atomic mass is 10.2. The molecule has 0 aliphatic carbocycles. The van der Waals surface area contributed by atoms with E-state index >= 15 is 0 Å². The Morgan fingerprint density at radius 2 is 2.31 bits per heavy atom. The van der Waals surface area contributed by atoms with Crippen molar-refractivity contribution in [2.24, 2.45) is 0 Å². The minimum absolute atomic E-state index is 0.0528. The summed E-state index contributed by atoms with van der Waals surface area (Å²) in [4.78, 5) is 11.9. The number of nitrogens with zero attached hydrogens (tertiary/aromatic N) is 1. The first-order valence-corrected chi connectivity index (χ1v) is 5.77. The smallest absolute Gasteiger partial charge is 0.268 e. The second-order valence-electron chi connectivity index (χ2n) is 3.59.